The quantitative estimate of drug-likeness (QED) is 0.553. The van der Waals surface area contributed by atoms with Crippen LogP contribution >= 0.6 is 11.3 Å². The van der Waals surface area contributed by atoms with Gasteiger partial charge in [-0.15, -0.1) is 17.8 Å². The highest BCUT2D eigenvalue weighted by Gasteiger charge is 2.51. The average Bonchev–Trinajstić information content (AvgIpc) is 3.34. The van der Waals surface area contributed by atoms with Crippen molar-refractivity contribution < 1.29 is 32.2 Å². The molecule has 34 heavy (non-hydrogen) atoms. The molecule has 2 amide bonds. The van der Waals surface area contributed by atoms with Crippen molar-refractivity contribution in [3.8, 4) is 23.8 Å². The van der Waals surface area contributed by atoms with Crippen LogP contribution in [0.4, 0.5) is 18.9 Å². The summed E-state index contributed by atoms with van der Waals surface area (Å²) in [5.41, 5.74) is 1.03. The van der Waals surface area contributed by atoms with Gasteiger partial charge < -0.3 is 14.4 Å². The molecule has 180 valence electrons. The van der Waals surface area contributed by atoms with Crippen LogP contribution in [0.3, 0.4) is 0 Å². The number of amides is 2. The molecule has 4 rings (SSSR count). The zero-order valence-corrected chi connectivity index (χ0v) is 19.3. The predicted octanol–water partition coefficient (Wildman–Crippen LogP) is 3.44. The monoisotopic (exact) mass is 493 g/mol. The summed E-state index contributed by atoms with van der Waals surface area (Å²) in [7, 11) is 2.89. The third kappa shape index (κ3) is 4.82. The van der Waals surface area contributed by atoms with Gasteiger partial charge in [-0.2, -0.15) is 13.2 Å². The average molecular weight is 494 g/mol. The van der Waals surface area contributed by atoms with Gasteiger partial charge in [0.15, 0.2) is 5.01 Å². The van der Waals surface area contributed by atoms with Crippen molar-refractivity contribution in [3.05, 3.63) is 34.3 Å². The third-order valence-electron chi connectivity index (χ3n) is 5.94. The van der Waals surface area contributed by atoms with Crippen LogP contribution < -0.4 is 14.4 Å². The molecule has 1 aromatic carbocycles. The van der Waals surface area contributed by atoms with E-state index in [1.807, 2.05) is 0 Å². The Morgan fingerprint density at radius 1 is 1.29 bits per heavy atom. The zero-order chi connectivity index (χ0) is 24.6. The number of carbonyl (C=O) groups excluding carboxylic acids is 2. The minimum absolute atomic E-state index is 0.0789. The molecule has 1 aliphatic heterocycles. The SMILES string of the molecule is C#Cc1nc(C2CC2C(=O)N(c2cc(OC)cc(OC)c2)C2CCN(CC(F)(F)F)C2=O)cs1. The summed E-state index contributed by atoms with van der Waals surface area (Å²) in [6.07, 6.45) is 1.45. The minimum Gasteiger partial charge on any atom is -0.497 e. The normalized spacial score (nSPS) is 21.8. The molecule has 2 heterocycles. The number of aromatic nitrogens is 1. The number of alkyl halides is 3. The number of rotatable bonds is 7. The Balaban J connectivity index is 1.66. The van der Waals surface area contributed by atoms with Crippen LogP contribution in [-0.2, 0) is 9.59 Å². The van der Waals surface area contributed by atoms with Crippen LogP contribution in [0.1, 0.15) is 29.5 Å². The van der Waals surface area contributed by atoms with Gasteiger partial charge in [0.05, 0.1) is 25.6 Å². The maximum Gasteiger partial charge on any atom is 0.406 e. The molecular weight excluding hydrogens is 471 g/mol. The first kappa shape index (κ1) is 23.9. The van der Waals surface area contributed by atoms with E-state index in [2.05, 4.69) is 10.9 Å². The summed E-state index contributed by atoms with van der Waals surface area (Å²) in [4.78, 5) is 33.0. The summed E-state index contributed by atoms with van der Waals surface area (Å²) in [5, 5.41) is 2.31. The smallest absolute Gasteiger partial charge is 0.406 e. The highest BCUT2D eigenvalue weighted by Crippen LogP contribution is 2.50. The van der Waals surface area contributed by atoms with Gasteiger partial charge in [-0.25, -0.2) is 4.98 Å². The van der Waals surface area contributed by atoms with Gasteiger partial charge in [-0.1, -0.05) is 0 Å². The highest BCUT2D eigenvalue weighted by atomic mass is 32.1. The van der Waals surface area contributed by atoms with Gasteiger partial charge in [-0.3, -0.25) is 14.5 Å². The van der Waals surface area contributed by atoms with Crippen molar-refractivity contribution in [2.45, 2.75) is 31.0 Å². The minimum atomic E-state index is -4.53. The van der Waals surface area contributed by atoms with E-state index >= 15 is 0 Å². The Kier molecular flexibility index (Phi) is 6.45. The summed E-state index contributed by atoms with van der Waals surface area (Å²) >= 11 is 1.31. The van der Waals surface area contributed by atoms with Crippen LogP contribution in [0.2, 0.25) is 0 Å². The van der Waals surface area contributed by atoms with Gasteiger partial charge in [-0.05, 0) is 18.8 Å². The van der Waals surface area contributed by atoms with E-state index in [1.165, 1.54) is 30.5 Å². The second-order valence-corrected chi connectivity index (χ2v) is 8.99. The van der Waals surface area contributed by atoms with Crippen LogP contribution in [0.15, 0.2) is 23.6 Å². The molecule has 0 spiro atoms. The van der Waals surface area contributed by atoms with Gasteiger partial charge in [0.2, 0.25) is 11.8 Å². The Morgan fingerprint density at radius 2 is 1.97 bits per heavy atom. The molecule has 7 nitrogen and oxygen atoms in total. The first-order valence-corrected chi connectivity index (χ1v) is 11.4. The van der Waals surface area contributed by atoms with Crippen LogP contribution in [-0.4, -0.2) is 61.2 Å². The number of nitrogens with zero attached hydrogens (tertiary/aromatic N) is 3. The zero-order valence-electron chi connectivity index (χ0n) is 18.5. The predicted molar refractivity (Wildman–Crippen MR) is 119 cm³/mol. The number of thiazole rings is 1. The molecule has 1 aromatic heterocycles. The lowest BCUT2D eigenvalue weighted by Gasteiger charge is -2.29. The molecule has 2 fully saturated rings. The Morgan fingerprint density at radius 3 is 2.53 bits per heavy atom. The van der Waals surface area contributed by atoms with Gasteiger partial charge in [0.25, 0.3) is 0 Å². The summed E-state index contributed by atoms with van der Waals surface area (Å²) in [6.45, 7) is -1.45. The van der Waals surface area contributed by atoms with Crippen molar-refractivity contribution in [3.63, 3.8) is 0 Å². The summed E-state index contributed by atoms with van der Waals surface area (Å²) in [5.74, 6) is 1.51. The summed E-state index contributed by atoms with van der Waals surface area (Å²) < 4.78 is 49.5. The molecule has 1 saturated heterocycles. The van der Waals surface area contributed by atoms with E-state index in [4.69, 9.17) is 15.9 Å². The number of carbonyl (C=O) groups is 2. The van der Waals surface area contributed by atoms with Crippen molar-refractivity contribution in [1.29, 1.82) is 0 Å². The van der Waals surface area contributed by atoms with E-state index in [9.17, 15) is 22.8 Å². The molecule has 2 aliphatic rings. The number of hydrogen-bond acceptors (Lipinski definition) is 6. The molecule has 0 N–H and O–H groups in total. The Labute approximate surface area is 198 Å². The number of ether oxygens (including phenoxy) is 2. The first-order valence-electron chi connectivity index (χ1n) is 10.5. The van der Waals surface area contributed by atoms with E-state index < -0.39 is 30.6 Å². The molecule has 3 atom stereocenters. The lowest BCUT2D eigenvalue weighted by atomic mass is 10.1. The largest absolute Gasteiger partial charge is 0.497 e. The highest BCUT2D eigenvalue weighted by molar-refractivity contribution is 7.10. The summed E-state index contributed by atoms with van der Waals surface area (Å²) in [6, 6.07) is 3.67. The standard InChI is InChI=1S/C23H22F3N3O4S/c1-4-20-27-18(11-34-20)16-10-17(16)21(30)29(13-7-14(32-2)9-15(8-13)33-3)19-5-6-28(22(19)31)12-23(24,25)26/h1,7-9,11,16-17,19H,5-6,10,12H2,2-3H3. The number of anilines is 1. The number of halogens is 3. The van der Waals surface area contributed by atoms with Gasteiger partial charge in [0.1, 0.15) is 24.1 Å². The maximum atomic E-state index is 13.7. The first-order chi connectivity index (χ1) is 16.1. The molecule has 2 aromatic rings. The van der Waals surface area contributed by atoms with E-state index in [0.29, 0.717) is 34.3 Å². The Hall–Kier alpha value is -3.26. The molecule has 3 unspecified atom stereocenters. The van der Waals surface area contributed by atoms with E-state index in [-0.39, 0.29) is 24.8 Å². The third-order valence-corrected chi connectivity index (χ3v) is 6.73. The number of hydrogen-bond donors (Lipinski definition) is 0. The van der Waals surface area contributed by atoms with E-state index in [1.54, 1.807) is 23.6 Å². The second-order valence-electron chi connectivity index (χ2n) is 8.13. The number of methoxy groups -OCH3 is 2. The molecular formula is C23H22F3N3O4S. The maximum absolute atomic E-state index is 13.7. The molecule has 1 aliphatic carbocycles. The fourth-order valence-corrected chi connectivity index (χ4v) is 4.91. The molecule has 0 radical (unpaired) electrons. The lowest BCUT2D eigenvalue weighted by Crippen LogP contribution is -2.47. The topological polar surface area (TPSA) is 72.0 Å². The number of likely N-dealkylation sites (tertiary alicyclic amines) is 1. The van der Waals surface area contributed by atoms with E-state index in [0.717, 1.165) is 4.90 Å². The van der Waals surface area contributed by atoms with Crippen molar-refractivity contribution in [2.75, 3.05) is 32.2 Å². The van der Waals surface area contributed by atoms with Crippen molar-refractivity contribution in [2.24, 2.45) is 5.92 Å². The van der Waals surface area contributed by atoms with Gasteiger partial charge >= 0.3 is 6.18 Å². The van der Waals surface area contributed by atoms with Crippen LogP contribution in [0.5, 0.6) is 11.5 Å². The van der Waals surface area contributed by atoms with Crippen molar-refractivity contribution in [1.82, 2.24) is 9.88 Å². The van der Waals surface area contributed by atoms with Crippen molar-refractivity contribution >= 4 is 28.8 Å². The Bertz CT molecular complexity index is 1120. The fraction of sp³-hybridized carbons (Fsp3) is 0.435. The van der Waals surface area contributed by atoms with Gasteiger partial charge in [0, 0.05) is 42.0 Å². The van der Waals surface area contributed by atoms with Crippen LogP contribution in [0.25, 0.3) is 0 Å². The number of terminal acetylenes is 1. The number of benzene rings is 1. The fourth-order valence-electron chi connectivity index (χ4n) is 4.22. The second kappa shape index (κ2) is 9.18. The molecule has 11 heteroatoms. The molecule has 0 bridgehead atoms. The van der Waals surface area contributed by atoms with Crippen LogP contribution in [0, 0.1) is 18.3 Å². The lowest BCUT2D eigenvalue weighted by molar-refractivity contribution is -0.157. The molecule has 1 saturated carbocycles.